The number of carbonyl (C=O) groups excluding carboxylic acids is 1. The summed E-state index contributed by atoms with van der Waals surface area (Å²) in [6, 6.07) is 3.22. The molecule has 2 aromatic rings. The maximum Gasteiger partial charge on any atom is 0.231 e. The first kappa shape index (κ1) is 16.2. The second-order valence-corrected chi connectivity index (χ2v) is 5.36. The van der Waals surface area contributed by atoms with Crippen molar-refractivity contribution in [2.75, 3.05) is 13.7 Å². The molecule has 120 valence electrons. The topological polar surface area (TPSA) is 102 Å². The number of fused-ring (bicyclic) bond motifs is 1. The molecule has 0 bridgehead atoms. The minimum Gasteiger partial charge on any atom is -0.480 e. The van der Waals surface area contributed by atoms with Gasteiger partial charge in [0, 0.05) is 18.9 Å². The predicted octanol–water partition coefficient (Wildman–Crippen LogP) is 0.199. The fourth-order valence-corrected chi connectivity index (χ4v) is 2.01. The third-order valence-electron chi connectivity index (χ3n) is 3.44. The summed E-state index contributed by atoms with van der Waals surface area (Å²) in [5.41, 5.74) is 0.603. The monoisotopic (exact) mass is 307 g/mol. The van der Waals surface area contributed by atoms with Gasteiger partial charge in [0.25, 0.3) is 0 Å². The smallest absolute Gasteiger partial charge is 0.231 e. The van der Waals surface area contributed by atoms with E-state index in [4.69, 9.17) is 4.74 Å². The second kappa shape index (κ2) is 7.17. The van der Waals surface area contributed by atoms with Crippen molar-refractivity contribution in [2.45, 2.75) is 32.7 Å². The first-order chi connectivity index (χ1) is 10.5. The number of amides is 1. The van der Waals surface area contributed by atoms with Gasteiger partial charge in [0.05, 0.1) is 19.8 Å². The zero-order valence-corrected chi connectivity index (χ0v) is 13.0. The van der Waals surface area contributed by atoms with Crippen LogP contribution in [-0.2, 0) is 11.2 Å². The van der Waals surface area contributed by atoms with E-state index in [2.05, 4.69) is 20.6 Å². The summed E-state index contributed by atoms with van der Waals surface area (Å²) in [4.78, 5) is 11.9. The molecule has 0 unspecified atom stereocenters. The Bertz CT molecular complexity index is 640. The fraction of sp³-hybridized carbons (Fsp3) is 0.571. The minimum atomic E-state index is -0.235. The molecular formula is C14H21N5O3. The molecule has 0 fully saturated rings. The lowest BCUT2D eigenvalue weighted by Gasteiger charge is -2.19. The highest BCUT2D eigenvalue weighted by atomic mass is 16.5. The molecule has 1 atom stereocenters. The average Bonchev–Trinajstić information content (AvgIpc) is 2.92. The predicted molar refractivity (Wildman–Crippen MR) is 79.5 cm³/mol. The molecule has 8 heteroatoms. The number of hydrogen-bond acceptors (Lipinski definition) is 6. The normalized spacial score (nSPS) is 12.6. The van der Waals surface area contributed by atoms with Gasteiger partial charge in [0.1, 0.15) is 0 Å². The SMILES string of the molecule is COc1ccc2nnc(CCC(=O)N[C@@H](CO)C(C)C)n2n1. The highest BCUT2D eigenvalue weighted by Gasteiger charge is 2.16. The van der Waals surface area contributed by atoms with Crippen molar-refractivity contribution in [1.82, 2.24) is 25.1 Å². The van der Waals surface area contributed by atoms with E-state index in [-0.39, 0.29) is 30.9 Å². The van der Waals surface area contributed by atoms with Crippen LogP contribution in [0.15, 0.2) is 12.1 Å². The first-order valence-corrected chi connectivity index (χ1v) is 7.20. The van der Waals surface area contributed by atoms with Gasteiger partial charge in [0.15, 0.2) is 11.5 Å². The molecule has 22 heavy (non-hydrogen) atoms. The summed E-state index contributed by atoms with van der Waals surface area (Å²) in [7, 11) is 1.53. The van der Waals surface area contributed by atoms with Crippen LogP contribution in [0.4, 0.5) is 0 Å². The maximum absolute atomic E-state index is 11.9. The second-order valence-electron chi connectivity index (χ2n) is 5.36. The van der Waals surface area contributed by atoms with E-state index in [1.807, 2.05) is 13.8 Å². The third-order valence-corrected chi connectivity index (χ3v) is 3.44. The lowest BCUT2D eigenvalue weighted by atomic mass is 10.1. The Labute approximate surface area is 128 Å². The van der Waals surface area contributed by atoms with Crippen molar-refractivity contribution in [3.63, 3.8) is 0 Å². The number of nitrogens with one attached hydrogen (secondary N) is 1. The maximum atomic E-state index is 11.9. The molecular weight excluding hydrogens is 286 g/mol. The molecule has 8 nitrogen and oxygen atoms in total. The van der Waals surface area contributed by atoms with Gasteiger partial charge in [-0.3, -0.25) is 4.79 Å². The van der Waals surface area contributed by atoms with Crippen molar-refractivity contribution in [3.8, 4) is 5.88 Å². The largest absolute Gasteiger partial charge is 0.480 e. The number of hydrogen-bond donors (Lipinski definition) is 2. The zero-order valence-electron chi connectivity index (χ0n) is 13.0. The van der Waals surface area contributed by atoms with Crippen LogP contribution in [0.3, 0.4) is 0 Å². The number of methoxy groups -OCH3 is 1. The summed E-state index contributed by atoms with van der Waals surface area (Å²) < 4.78 is 6.64. The standard InChI is InChI=1S/C14H21N5O3/c1-9(2)10(8-20)15-13(21)6-4-11-16-17-12-5-7-14(22-3)18-19(11)12/h5,7,9-10,20H,4,6,8H2,1-3H3,(H,15,21)/t10-/m0/s1. The van der Waals surface area contributed by atoms with E-state index < -0.39 is 0 Å². The van der Waals surface area contributed by atoms with Gasteiger partial charge < -0.3 is 15.2 Å². The van der Waals surface area contributed by atoms with E-state index in [1.54, 1.807) is 16.6 Å². The molecule has 0 aliphatic heterocycles. The lowest BCUT2D eigenvalue weighted by molar-refractivity contribution is -0.122. The molecule has 2 heterocycles. The molecule has 0 aliphatic rings. The molecule has 2 N–H and O–H groups in total. The van der Waals surface area contributed by atoms with Gasteiger partial charge >= 0.3 is 0 Å². The molecule has 1 amide bonds. The van der Waals surface area contributed by atoms with Gasteiger partial charge in [-0.05, 0) is 12.0 Å². The van der Waals surface area contributed by atoms with Crippen LogP contribution in [0.2, 0.25) is 0 Å². The third kappa shape index (κ3) is 3.70. The fourth-order valence-electron chi connectivity index (χ4n) is 2.01. The number of aliphatic hydroxyl groups excluding tert-OH is 1. The molecule has 0 radical (unpaired) electrons. The van der Waals surface area contributed by atoms with Crippen LogP contribution in [0.25, 0.3) is 5.65 Å². The van der Waals surface area contributed by atoms with Crippen molar-refractivity contribution in [1.29, 1.82) is 0 Å². The van der Waals surface area contributed by atoms with E-state index in [0.29, 0.717) is 23.8 Å². The molecule has 0 spiro atoms. The summed E-state index contributed by atoms with van der Waals surface area (Å²) in [5, 5.41) is 24.3. The Morgan fingerprint density at radius 1 is 1.41 bits per heavy atom. The average molecular weight is 307 g/mol. The Morgan fingerprint density at radius 3 is 2.82 bits per heavy atom. The van der Waals surface area contributed by atoms with Crippen LogP contribution in [0.1, 0.15) is 26.1 Å². The molecule has 0 saturated heterocycles. The van der Waals surface area contributed by atoms with E-state index in [1.165, 1.54) is 7.11 Å². The Hall–Kier alpha value is -2.22. The molecule has 0 aromatic carbocycles. The number of aliphatic hydroxyl groups is 1. The van der Waals surface area contributed by atoms with Crippen molar-refractivity contribution in [3.05, 3.63) is 18.0 Å². The Morgan fingerprint density at radius 2 is 2.18 bits per heavy atom. The van der Waals surface area contributed by atoms with Gasteiger partial charge in [-0.1, -0.05) is 13.8 Å². The van der Waals surface area contributed by atoms with Crippen molar-refractivity contribution < 1.29 is 14.6 Å². The number of ether oxygens (including phenoxy) is 1. The quantitative estimate of drug-likeness (QED) is 0.757. The van der Waals surface area contributed by atoms with Crippen LogP contribution in [-0.4, -0.2) is 50.6 Å². The van der Waals surface area contributed by atoms with Crippen LogP contribution >= 0.6 is 0 Å². The zero-order chi connectivity index (χ0) is 16.1. The first-order valence-electron chi connectivity index (χ1n) is 7.20. The molecule has 2 rings (SSSR count). The summed E-state index contributed by atoms with van der Waals surface area (Å²) in [6.07, 6.45) is 0.659. The van der Waals surface area contributed by atoms with E-state index in [9.17, 15) is 9.90 Å². The summed E-state index contributed by atoms with van der Waals surface area (Å²) in [5.74, 6) is 1.09. The molecule has 0 saturated carbocycles. The van der Waals surface area contributed by atoms with E-state index in [0.717, 1.165) is 0 Å². The lowest BCUT2D eigenvalue weighted by Crippen LogP contribution is -2.41. The summed E-state index contributed by atoms with van der Waals surface area (Å²) in [6.45, 7) is 3.82. The van der Waals surface area contributed by atoms with Crippen molar-refractivity contribution >= 4 is 11.6 Å². The van der Waals surface area contributed by atoms with Crippen LogP contribution in [0, 0.1) is 5.92 Å². The number of carbonyl (C=O) groups is 1. The van der Waals surface area contributed by atoms with Crippen LogP contribution in [0.5, 0.6) is 5.88 Å². The number of aryl methyl sites for hydroxylation is 1. The highest BCUT2D eigenvalue weighted by molar-refractivity contribution is 5.76. The number of aromatic nitrogens is 4. The highest BCUT2D eigenvalue weighted by Crippen LogP contribution is 2.10. The van der Waals surface area contributed by atoms with Crippen LogP contribution < -0.4 is 10.1 Å². The number of rotatable bonds is 7. The Balaban J connectivity index is 2.01. The van der Waals surface area contributed by atoms with Gasteiger partial charge in [0.2, 0.25) is 11.8 Å². The Kier molecular flexibility index (Phi) is 5.26. The van der Waals surface area contributed by atoms with Gasteiger partial charge in [-0.25, -0.2) is 0 Å². The van der Waals surface area contributed by atoms with Gasteiger partial charge in [-0.15, -0.1) is 15.3 Å². The summed E-state index contributed by atoms with van der Waals surface area (Å²) >= 11 is 0. The number of nitrogens with zero attached hydrogens (tertiary/aromatic N) is 4. The van der Waals surface area contributed by atoms with Crippen molar-refractivity contribution in [2.24, 2.45) is 5.92 Å². The minimum absolute atomic E-state index is 0.0734. The molecule has 0 aliphatic carbocycles. The molecule has 2 aromatic heterocycles. The van der Waals surface area contributed by atoms with Gasteiger partial charge in [-0.2, -0.15) is 4.52 Å². The van der Waals surface area contributed by atoms with E-state index >= 15 is 0 Å².